The molecule has 0 amide bonds. The lowest BCUT2D eigenvalue weighted by Crippen LogP contribution is -2.40. The summed E-state index contributed by atoms with van der Waals surface area (Å²) in [6, 6.07) is -0.137. The highest BCUT2D eigenvalue weighted by Crippen LogP contribution is 2.09. The van der Waals surface area contributed by atoms with E-state index in [2.05, 4.69) is 19.2 Å². The van der Waals surface area contributed by atoms with Gasteiger partial charge in [0.2, 0.25) is 0 Å². The van der Waals surface area contributed by atoms with Crippen LogP contribution < -0.4 is 5.32 Å². The summed E-state index contributed by atoms with van der Waals surface area (Å²) < 4.78 is 5.06. The van der Waals surface area contributed by atoms with Crippen LogP contribution in [0.25, 0.3) is 0 Å². The highest BCUT2D eigenvalue weighted by molar-refractivity contribution is 7.99. The lowest BCUT2D eigenvalue weighted by atomic mass is 10.3. The normalized spacial score (nSPS) is 12.4. The Balaban J connectivity index is 3.80. The minimum absolute atomic E-state index is 0.107. The molecule has 3 nitrogen and oxygen atoms in total. The molecule has 0 rings (SSSR count). The molecule has 0 heterocycles. The minimum atomic E-state index is -0.137. The molecular weight excluding hydrogens is 234 g/mol. The number of carbonyl (C=O) groups is 1. The summed E-state index contributed by atoms with van der Waals surface area (Å²) in [6.07, 6.45) is 4.80. The zero-order chi connectivity index (χ0) is 12.9. The van der Waals surface area contributed by atoms with Gasteiger partial charge in [0.15, 0.2) is 0 Å². The number of esters is 1. The Kier molecular flexibility index (Phi) is 12.1. The molecular formula is C13H27NO2S. The van der Waals surface area contributed by atoms with Crippen LogP contribution in [0.3, 0.4) is 0 Å². The fraction of sp³-hybridized carbons (Fsp3) is 0.923. The van der Waals surface area contributed by atoms with Crippen molar-refractivity contribution in [3.05, 3.63) is 0 Å². The van der Waals surface area contributed by atoms with Gasteiger partial charge < -0.3 is 10.1 Å². The highest BCUT2D eigenvalue weighted by Gasteiger charge is 2.18. The van der Waals surface area contributed by atoms with Gasteiger partial charge in [-0.05, 0) is 32.1 Å². The quantitative estimate of drug-likeness (QED) is 0.458. The second-order valence-electron chi connectivity index (χ2n) is 4.04. The van der Waals surface area contributed by atoms with Gasteiger partial charge in [0.05, 0.1) is 6.61 Å². The predicted octanol–water partition coefficient (Wildman–Crippen LogP) is 2.84. The molecule has 1 unspecified atom stereocenters. The fourth-order valence-corrected chi connectivity index (χ4v) is 2.49. The Labute approximate surface area is 110 Å². The molecule has 0 radical (unpaired) electrons. The first-order valence-electron chi connectivity index (χ1n) is 6.73. The van der Waals surface area contributed by atoms with Gasteiger partial charge in [-0.3, -0.25) is 4.79 Å². The van der Waals surface area contributed by atoms with Gasteiger partial charge in [-0.1, -0.05) is 26.7 Å². The molecule has 1 N–H and O–H groups in total. The Hall–Kier alpha value is -0.220. The Bertz CT molecular complexity index is 188. The first kappa shape index (κ1) is 16.8. The van der Waals surface area contributed by atoms with Gasteiger partial charge in [0.1, 0.15) is 6.04 Å². The van der Waals surface area contributed by atoms with Crippen LogP contribution in [0.5, 0.6) is 0 Å². The summed E-state index contributed by atoms with van der Waals surface area (Å²) >= 11 is 1.84. The smallest absolute Gasteiger partial charge is 0.323 e. The van der Waals surface area contributed by atoms with Gasteiger partial charge in [0, 0.05) is 5.75 Å². The largest absolute Gasteiger partial charge is 0.465 e. The number of ether oxygens (including phenoxy) is 1. The van der Waals surface area contributed by atoms with E-state index in [1.165, 1.54) is 19.3 Å². The number of unbranched alkanes of at least 4 members (excludes halogenated alkanes) is 2. The number of rotatable bonds is 11. The van der Waals surface area contributed by atoms with Gasteiger partial charge in [-0.25, -0.2) is 0 Å². The molecule has 17 heavy (non-hydrogen) atoms. The molecule has 0 aliphatic rings. The average molecular weight is 261 g/mol. The molecule has 4 heteroatoms. The van der Waals surface area contributed by atoms with Crippen molar-refractivity contribution in [1.29, 1.82) is 0 Å². The third-order valence-corrected chi connectivity index (χ3v) is 3.53. The summed E-state index contributed by atoms with van der Waals surface area (Å²) in [4.78, 5) is 11.7. The van der Waals surface area contributed by atoms with Crippen LogP contribution in [0.15, 0.2) is 0 Å². The Morgan fingerprint density at radius 3 is 2.59 bits per heavy atom. The molecule has 0 spiro atoms. The van der Waals surface area contributed by atoms with E-state index >= 15 is 0 Å². The van der Waals surface area contributed by atoms with Crippen molar-refractivity contribution in [3.8, 4) is 0 Å². The van der Waals surface area contributed by atoms with Crippen molar-refractivity contribution in [2.45, 2.75) is 52.5 Å². The second kappa shape index (κ2) is 12.2. The topological polar surface area (TPSA) is 38.3 Å². The van der Waals surface area contributed by atoms with Crippen LogP contribution in [0.1, 0.15) is 46.5 Å². The number of hydrogen-bond acceptors (Lipinski definition) is 4. The van der Waals surface area contributed by atoms with Crippen molar-refractivity contribution < 1.29 is 9.53 Å². The van der Waals surface area contributed by atoms with Crippen molar-refractivity contribution in [3.63, 3.8) is 0 Å². The van der Waals surface area contributed by atoms with Crippen molar-refractivity contribution >= 4 is 17.7 Å². The van der Waals surface area contributed by atoms with Gasteiger partial charge in [-0.2, -0.15) is 11.8 Å². The van der Waals surface area contributed by atoms with E-state index in [0.29, 0.717) is 6.61 Å². The SMILES string of the molecule is CCCCCSCC(NCCC)C(=O)OCC. The lowest BCUT2D eigenvalue weighted by Gasteiger charge is -2.16. The molecule has 0 aliphatic carbocycles. The lowest BCUT2D eigenvalue weighted by molar-refractivity contribution is -0.144. The molecule has 0 aliphatic heterocycles. The number of thioether (sulfide) groups is 1. The van der Waals surface area contributed by atoms with E-state index in [9.17, 15) is 4.79 Å². The van der Waals surface area contributed by atoms with E-state index in [0.717, 1.165) is 24.5 Å². The number of hydrogen-bond donors (Lipinski definition) is 1. The number of nitrogens with one attached hydrogen (secondary N) is 1. The van der Waals surface area contributed by atoms with Crippen LogP contribution in [0.2, 0.25) is 0 Å². The fourth-order valence-electron chi connectivity index (χ4n) is 1.43. The summed E-state index contributed by atoms with van der Waals surface area (Å²) in [5, 5.41) is 3.25. The third-order valence-electron chi connectivity index (χ3n) is 2.39. The molecule has 0 saturated heterocycles. The average Bonchev–Trinajstić information content (AvgIpc) is 2.33. The zero-order valence-electron chi connectivity index (χ0n) is 11.5. The molecule has 0 aromatic carbocycles. The summed E-state index contributed by atoms with van der Waals surface area (Å²) in [5.41, 5.74) is 0. The number of carbonyl (C=O) groups excluding carboxylic acids is 1. The van der Waals surface area contributed by atoms with E-state index in [-0.39, 0.29) is 12.0 Å². The van der Waals surface area contributed by atoms with Crippen LogP contribution >= 0.6 is 11.8 Å². The zero-order valence-corrected chi connectivity index (χ0v) is 12.3. The van der Waals surface area contributed by atoms with E-state index < -0.39 is 0 Å². The van der Waals surface area contributed by atoms with Crippen LogP contribution in [-0.2, 0) is 9.53 Å². The van der Waals surface area contributed by atoms with Crippen LogP contribution in [-0.4, -0.2) is 36.7 Å². The molecule has 0 fully saturated rings. The first-order chi connectivity index (χ1) is 8.26. The molecule has 1 atom stereocenters. The maximum atomic E-state index is 11.7. The van der Waals surface area contributed by atoms with Crippen LogP contribution in [0, 0.1) is 0 Å². The maximum absolute atomic E-state index is 11.7. The maximum Gasteiger partial charge on any atom is 0.323 e. The molecule has 102 valence electrons. The predicted molar refractivity (Wildman–Crippen MR) is 75.6 cm³/mol. The van der Waals surface area contributed by atoms with Crippen molar-refractivity contribution in [1.82, 2.24) is 5.32 Å². The Morgan fingerprint density at radius 1 is 1.24 bits per heavy atom. The summed E-state index contributed by atoms with van der Waals surface area (Å²) in [5.74, 6) is 1.85. The van der Waals surface area contributed by atoms with Crippen molar-refractivity contribution in [2.24, 2.45) is 0 Å². The van der Waals surface area contributed by atoms with Crippen molar-refractivity contribution in [2.75, 3.05) is 24.7 Å². The van der Waals surface area contributed by atoms with Gasteiger partial charge in [0.25, 0.3) is 0 Å². The standard InChI is InChI=1S/C13H27NO2S/c1-4-7-8-10-17-11-12(14-9-5-2)13(15)16-6-3/h12,14H,4-11H2,1-3H3. The second-order valence-corrected chi connectivity index (χ2v) is 5.19. The monoisotopic (exact) mass is 261 g/mol. The highest BCUT2D eigenvalue weighted by atomic mass is 32.2. The van der Waals surface area contributed by atoms with Gasteiger partial charge in [-0.15, -0.1) is 0 Å². The van der Waals surface area contributed by atoms with E-state index in [4.69, 9.17) is 4.74 Å². The molecule has 0 bridgehead atoms. The first-order valence-corrected chi connectivity index (χ1v) is 7.89. The summed E-state index contributed by atoms with van der Waals surface area (Å²) in [6.45, 7) is 7.49. The Morgan fingerprint density at radius 2 is 2.00 bits per heavy atom. The van der Waals surface area contributed by atoms with Gasteiger partial charge >= 0.3 is 5.97 Å². The molecule has 0 aromatic rings. The third kappa shape index (κ3) is 9.48. The van der Waals surface area contributed by atoms with E-state index in [1.54, 1.807) is 0 Å². The molecule has 0 saturated carbocycles. The molecule has 0 aromatic heterocycles. The van der Waals surface area contributed by atoms with Crippen LogP contribution in [0.4, 0.5) is 0 Å². The summed E-state index contributed by atoms with van der Waals surface area (Å²) in [7, 11) is 0. The van der Waals surface area contributed by atoms with E-state index in [1.807, 2.05) is 18.7 Å². The minimum Gasteiger partial charge on any atom is -0.465 e.